The van der Waals surface area contributed by atoms with Crippen molar-refractivity contribution in [1.29, 1.82) is 0 Å². The highest BCUT2D eigenvalue weighted by atomic mass is 32.2. The fourth-order valence-electron chi connectivity index (χ4n) is 6.20. The van der Waals surface area contributed by atoms with Gasteiger partial charge in [-0.15, -0.1) is 0 Å². The van der Waals surface area contributed by atoms with E-state index in [9.17, 15) is 9.00 Å². The maximum Gasteiger partial charge on any atom is 0.231 e. The summed E-state index contributed by atoms with van der Waals surface area (Å²) in [5, 5.41) is 10.2. The number of hydrogen-bond acceptors (Lipinski definition) is 9. The number of nitrogens with one attached hydrogen (secondary N) is 3. The van der Waals surface area contributed by atoms with Gasteiger partial charge in [0.15, 0.2) is 0 Å². The molecule has 1 saturated heterocycles. The average Bonchev–Trinajstić information content (AvgIpc) is 3.67. The van der Waals surface area contributed by atoms with Crippen LogP contribution in [0, 0.1) is 6.92 Å². The Kier molecular flexibility index (Phi) is 14.8. The third-order valence-corrected chi connectivity index (χ3v) is 10.5. The number of imidazole rings is 1. The summed E-state index contributed by atoms with van der Waals surface area (Å²) in [6, 6.07) is 11.9. The second kappa shape index (κ2) is 19.2. The first-order valence-electron chi connectivity index (χ1n) is 18.3. The Bertz CT molecular complexity index is 1820. The summed E-state index contributed by atoms with van der Waals surface area (Å²) in [4.78, 5) is 27.6. The molecule has 0 spiro atoms. The molecule has 12 heteroatoms. The van der Waals surface area contributed by atoms with Crippen molar-refractivity contribution in [2.45, 2.75) is 103 Å². The molecule has 3 N–H and O–H groups in total. The Hall–Kier alpha value is -4.71. The van der Waals surface area contributed by atoms with Crippen molar-refractivity contribution in [3.63, 3.8) is 0 Å². The molecule has 1 fully saturated rings. The zero-order chi connectivity index (χ0) is 37.8. The minimum atomic E-state index is -1.19. The fraction of sp³-hybridized carbons (Fsp3) is 0.450. The molecule has 2 aromatic heterocycles. The highest BCUT2D eigenvalue weighted by Crippen LogP contribution is 2.39. The SMILES string of the molecule is CC/C=C(\C)c1c(NC)nc(Nc2cc(C)c(C3CCN(C=O)CC3)cc2OC(C)C)nc1Nc1ccccc1S(=O)C(C)C.CCn1ccnc1. The van der Waals surface area contributed by atoms with Crippen molar-refractivity contribution >= 4 is 51.7 Å². The Morgan fingerprint density at radius 1 is 1.04 bits per heavy atom. The summed E-state index contributed by atoms with van der Waals surface area (Å²) in [5.41, 5.74) is 5.79. The summed E-state index contributed by atoms with van der Waals surface area (Å²) in [5.74, 6) is 2.76. The zero-order valence-corrected chi connectivity index (χ0v) is 33.0. The molecule has 5 rings (SSSR count). The molecule has 280 valence electrons. The van der Waals surface area contributed by atoms with Crippen LogP contribution in [-0.4, -0.2) is 66.5 Å². The number of benzene rings is 2. The van der Waals surface area contributed by atoms with Gasteiger partial charge < -0.3 is 30.2 Å². The number of likely N-dealkylation sites (tertiary alicyclic amines) is 1. The minimum absolute atomic E-state index is 0.0344. The number of anilines is 5. The van der Waals surface area contributed by atoms with E-state index in [4.69, 9.17) is 14.7 Å². The van der Waals surface area contributed by atoms with E-state index in [0.717, 1.165) is 84.0 Å². The molecular formula is C40H56N8O3S. The first-order valence-corrected chi connectivity index (χ1v) is 19.5. The van der Waals surface area contributed by atoms with E-state index < -0.39 is 10.8 Å². The predicted molar refractivity (Wildman–Crippen MR) is 215 cm³/mol. The molecule has 1 aliphatic heterocycles. The summed E-state index contributed by atoms with van der Waals surface area (Å²) < 4.78 is 21.6. The van der Waals surface area contributed by atoms with Crippen molar-refractivity contribution in [3.05, 3.63) is 77.9 Å². The molecule has 0 bridgehead atoms. The van der Waals surface area contributed by atoms with Crippen molar-refractivity contribution in [2.75, 3.05) is 36.1 Å². The third-order valence-electron chi connectivity index (χ3n) is 8.86. The van der Waals surface area contributed by atoms with Crippen LogP contribution in [0.4, 0.5) is 29.0 Å². The summed E-state index contributed by atoms with van der Waals surface area (Å²) in [6.07, 6.45) is 11.3. The molecule has 1 unspecified atom stereocenters. The highest BCUT2D eigenvalue weighted by molar-refractivity contribution is 7.85. The molecular weight excluding hydrogens is 673 g/mol. The molecule has 1 aliphatic rings. The van der Waals surface area contributed by atoms with Gasteiger partial charge in [-0.05, 0) is 101 Å². The van der Waals surface area contributed by atoms with Crippen LogP contribution < -0.4 is 20.7 Å². The lowest BCUT2D eigenvalue weighted by molar-refractivity contribution is -0.119. The normalized spacial score (nSPS) is 14.1. The molecule has 2 aromatic carbocycles. The van der Waals surface area contributed by atoms with E-state index in [-0.39, 0.29) is 11.4 Å². The lowest BCUT2D eigenvalue weighted by Gasteiger charge is -2.31. The summed E-state index contributed by atoms with van der Waals surface area (Å²) in [7, 11) is 0.658. The van der Waals surface area contributed by atoms with Crippen molar-refractivity contribution in [1.82, 2.24) is 24.4 Å². The number of para-hydroxylation sites is 1. The van der Waals surface area contributed by atoms with Gasteiger partial charge in [-0.25, -0.2) is 4.98 Å². The standard InChI is InChI=1S/C35H48N6O3S.C5H8N2/c1-9-12-24(6)32-33(36-8)39-35(40-34(32)37-28-13-10-11-14-31(28)45(43)23(4)5)38-29-19-25(7)27(20-30(29)44-22(2)3)26-15-17-41(21-42)18-16-26;1-2-7-4-3-6-5-7/h10-14,19-23,26H,9,15-18H2,1-8H3,(H3,36,37,38,39,40);3-5H,2H2,1H3/b24-12+;. The number of nitrogens with zero attached hydrogens (tertiary/aromatic N) is 5. The molecule has 1 atom stereocenters. The Morgan fingerprint density at radius 3 is 2.33 bits per heavy atom. The molecule has 0 saturated carbocycles. The quantitative estimate of drug-likeness (QED) is 0.109. The molecule has 52 heavy (non-hydrogen) atoms. The number of amides is 1. The van der Waals surface area contributed by atoms with Crippen LogP contribution in [0.1, 0.15) is 90.3 Å². The highest BCUT2D eigenvalue weighted by Gasteiger charge is 2.24. The molecule has 1 amide bonds. The van der Waals surface area contributed by atoms with Crippen LogP contribution in [-0.2, 0) is 22.1 Å². The first kappa shape index (κ1) is 40.1. The van der Waals surface area contributed by atoms with E-state index in [1.165, 1.54) is 5.56 Å². The monoisotopic (exact) mass is 728 g/mol. The number of hydrogen-bond donors (Lipinski definition) is 3. The number of piperidine rings is 1. The number of aryl methyl sites for hydroxylation is 2. The maximum atomic E-state index is 13.2. The van der Waals surface area contributed by atoms with E-state index in [1.54, 1.807) is 12.5 Å². The van der Waals surface area contributed by atoms with Crippen LogP contribution in [0.3, 0.4) is 0 Å². The summed E-state index contributed by atoms with van der Waals surface area (Å²) >= 11 is 0. The number of aromatic nitrogens is 4. The van der Waals surface area contributed by atoms with Crippen molar-refractivity contribution in [3.8, 4) is 5.75 Å². The average molecular weight is 729 g/mol. The minimum Gasteiger partial charge on any atom is -0.489 e. The fourth-order valence-corrected chi connectivity index (χ4v) is 7.26. The van der Waals surface area contributed by atoms with Crippen LogP contribution in [0.15, 0.2) is 66.1 Å². The molecule has 3 heterocycles. The zero-order valence-electron chi connectivity index (χ0n) is 32.2. The number of carbonyl (C=O) groups excluding carboxylic acids is 1. The largest absolute Gasteiger partial charge is 0.489 e. The molecule has 0 aliphatic carbocycles. The van der Waals surface area contributed by atoms with Crippen molar-refractivity contribution < 1.29 is 13.7 Å². The van der Waals surface area contributed by atoms with Crippen molar-refractivity contribution in [2.24, 2.45) is 0 Å². The summed E-state index contributed by atoms with van der Waals surface area (Å²) in [6.45, 7) is 18.8. The van der Waals surface area contributed by atoms with E-state index >= 15 is 0 Å². The molecule has 11 nitrogen and oxygen atoms in total. The Labute approximate surface area is 312 Å². The van der Waals surface area contributed by atoms with Gasteiger partial charge in [0.05, 0.1) is 45.1 Å². The lowest BCUT2D eigenvalue weighted by atomic mass is 9.86. The number of carbonyl (C=O) groups is 1. The number of allylic oxidation sites excluding steroid dienone is 2. The van der Waals surface area contributed by atoms with Gasteiger partial charge >= 0.3 is 0 Å². The Morgan fingerprint density at radius 2 is 1.75 bits per heavy atom. The van der Waals surface area contributed by atoms with E-state index in [2.05, 4.69) is 66.8 Å². The smallest absolute Gasteiger partial charge is 0.231 e. The number of ether oxygens (including phenoxy) is 1. The van der Waals surface area contributed by atoms with E-state index in [1.807, 2.05) is 74.7 Å². The topological polar surface area (TPSA) is 126 Å². The Balaban J connectivity index is 0.000000771. The van der Waals surface area contributed by atoms with Crippen LogP contribution in [0.25, 0.3) is 5.57 Å². The van der Waals surface area contributed by atoms with Gasteiger partial charge in [0.2, 0.25) is 12.4 Å². The number of rotatable bonds is 14. The van der Waals surface area contributed by atoms with Gasteiger partial charge in [-0.1, -0.05) is 39.0 Å². The molecule has 0 radical (unpaired) electrons. The van der Waals surface area contributed by atoms with Gasteiger partial charge in [-0.2, -0.15) is 9.97 Å². The molecule has 4 aromatic rings. The predicted octanol–water partition coefficient (Wildman–Crippen LogP) is 8.67. The van der Waals surface area contributed by atoms with Gasteiger partial charge in [0.25, 0.3) is 0 Å². The maximum absolute atomic E-state index is 13.2. The second-order valence-corrected chi connectivity index (χ2v) is 15.4. The van der Waals surface area contributed by atoms with Gasteiger partial charge in [-0.3, -0.25) is 9.00 Å². The van der Waals surface area contributed by atoms with Crippen LogP contribution in [0.2, 0.25) is 0 Å². The van der Waals surface area contributed by atoms with Crippen LogP contribution >= 0.6 is 0 Å². The van der Waals surface area contributed by atoms with E-state index in [0.29, 0.717) is 23.5 Å². The lowest BCUT2D eigenvalue weighted by Crippen LogP contribution is -2.31. The first-order chi connectivity index (χ1) is 25.0. The van der Waals surface area contributed by atoms with Crippen LogP contribution in [0.5, 0.6) is 5.75 Å². The second-order valence-electron chi connectivity index (χ2n) is 13.4. The van der Waals surface area contributed by atoms with Gasteiger partial charge in [0.1, 0.15) is 17.4 Å². The third kappa shape index (κ3) is 10.4. The van der Waals surface area contributed by atoms with Gasteiger partial charge in [0, 0.05) is 44.3 Å².